The van der Waals surface area contributed by atoms with Crippen molar-refractivity contribution in [3.05, 3.63) is 72.1 Å². The molecular weight excluding hydrogens is 312 g/mol. The largest absolute Gasteiger partial charge is 0.274 e. The lowest BCUT2D eigenvalue weighted by molar-refractivity contribution is -0.122. The normalized spacial score (nSPS) is 25.3. The van der Waals surface area contributed by atoms with E-state index in [9.17, 15) is 9.59 Å². The van der Waals surface area contributed by atoms with E-state index in [1.165, 1.54) is 10.5 Å². The zero-order valence-electron chi connectivity index (χ0n) is 14.1. The van der Waals surface area contributed by atoms with Gasteiger partial charge in [-0.05, 0) is 54.2 Å². The highest BCUT2D eigenvalue weighted by Crippen LogP contribution is 2.40. The molecule has 2 amide bonds. The van der Waals surface area contributed by atoms with E-state index in [-0.39, 0.29) is 29.6 Å². The summed E-state index contributed by atoms with van der Waals surface area (Å²) in [4.78, 5) is 30.9. The van der Waals surface area contributed by atoms with Crippen LogP contribution in [0.1, 0.15) is 24.5 Å². The van der Waals surface area contributed by atoms with Gasteiger partial charge in [0.1, 0.15) is 0 Å². The third-order valence-electron chi connectivity index (χ3n) is 5.22. The minimum atomic E-state index is -0.214. The van der Waals surface area contributed by atoms with Gasteiger partial charge >= 0.3 is 0 Å². The molecule has 1 saturated heterocycles. The van der Waals surface area contributed by atoms with Crippen LogP contribution in [-0.4, -0.2) is 16.8 Å². The summed E-state index contributed by atoms with van der Waals surface area (Å²) in [6, 6.07) is 11.7. The molecule has 4 rings (SSSR count). The number of carbonyl (C=O) groups excluding carboxylic acids is 2. The number of rotatable bonds is 3. The summed E-state index contributed by atoms with van der Waals surface area (Å²) in [5.74, 6) is -0.425. The molecule has 1 aliphatic carbocycles. The van der Waals surface area contributed by atoms with Crippen LogP contribution in [0.2, 0.25) is 0 Å². The summed E-state index contributed by atoms with van der Waals surface area (Å²) >= 11 is 0. The number of nitrogens with zero attached hydrogens (tertiary/aromatic N) is 2. The highest BCUT2D eigenvalue weighted by molar-refractivity contribution is 6.22. The van der Waals surface area contributed by atoms with E-state index in [0.717, 1.165) is 12.0 Å². The molecule has 0 spiro atoms. The number of amides is 2. The second-order valence-electron chi connectivity index (χ2n) is 6.87. The van der Waals surface area contributed by atoms with Gasteiger partial charge in [0, 0.05) is 12.4 Å². The third kappa shape index (κ3) is 2.78. The van der Waals surface area contributed by atoms with Crippen molar-refractivity contribution in [2.24, 2.45) is 17.8 Å². The first-order valence-corrected chi connectivity index (χ1v) is 8.67. The molecule has 2 heterocycles. The third-order valence-corrected chi connectivity index (χ3v) is 5.22. The van der Waals surface area contributed by atoms with E-state index in [0.29, 0.717) is 12.1 Å². The van der Waals surface area contributed by atoms with Crippen molar-refractivity contribution in [1.82, 2.24) is 4.98 Å². The number of hydrogen-bond acceptors (Lipinski definition) is 3. The van der Waals surface area contributed by atoms with Crippen molar-refractivity contribution in [3.63, 3.8) is 0 Å². The van der Waals surface area contributed by atoms with Gasteiger partial charge in [0.05, 0.1) is 17.5 Å². The maximum Gasteiger partial charge on any atom is 0.238 e. The van der Waals surface area contributed by atoms with Crippen molar-refractivity contribution < 1.29 is 9.59 Å². The second-order valence-corrected chi connectivity index (χ2v) is 6.87. The summed E-state index contributed by atoms with van der Waals surface area (Å²) in [5.41, 5.74) is 3.00. The van der Waals surface area contributed by atoms with Crippen molar-refractivity contribution in [2.75, 3.05) is 4.90 Å². The van der Waals surface area contributed by atoms with Crippen LogP contribution < -0.4 is 4.90 Å². The van der Waals surface area contributed by atoms with Gasteiger partial charge in [-0.3, -0.25) is 19.5 Å². The molecule has 4 nitrogen and oxygen atoms in total. The molecule has 0 radical (unpaired) electrons. The monoisotopic (exact) mass is 332 g/mol. The Morgan fingerprint density at radius 2 is 1.68 bits per heavy atom. The molecule has 0 N–H and O–H groups in total. The first-order valence-electron chi connectivity index (χ1n) is 8.67. The Kier molecular flexibility index (Phi) is 3.96. The van der Waals surface area contributed by atoms with Crippen molar-refractivity contribution in [1.29, 1.82) is 0 Å². The zero-order chi connectivity index (χ0) is 17.4. The lowest BCUT2D eigenvalue weighted by atomic mass is 9.78. The molecule has 1 aromatic heterocycles. The molecule has 2 aliphatic rings. The van der Waals surface area contributed by atoms with Crippen molar-refractivity contribution in [2.45, 2.75) is 19.8 Å². The van der Waals surface area contributed by atoms with Gasteiger partial charge in [0.2, 0.25) is 11.8 Å². The Morgan fingerprint density at radius 1 is 1.00 bits per heavy atom. The molecule has 0 bridgehead atoms. The molecule has 1 aromatic carbocycles. The van der Waals surface area contributed by atoms with Crippen molar-refractivity contribution >= 4 is 17.5 Å². The van der Waals surface area contributed by atoms with E-state index in [1.807, 2.05) is 55.5 Å². The summed E-state index contributed by atoms with van der Waals surface area (Å²) in [6.07, 6.45) is 9.10. The fourth-order valence-corrected chi connectivity index (χ4v) is 3.90. The summed E-state index contributed by atoms with van der Waals surface area (Å²) in [6.45, 7) is 2.01. The van der Waals surface area contributed by atoms with Crippen LogP contribution in [0.15, 0.2) is 60.9 Å². The predicted molar refractivity (Wildman–Crippen MR) is 95.9 cm³/mol. The lowest BCUT2D eigenvalue weighted by Gasteiger charge is -2.22. The van der Waals surface area contributed by atoms with E-state index < -0.39 is 0 Å². The number of anilines is 1. The standard InChI is InChI=1S/C21H20N2O2/c1-14-3-2-4-18-19(14)21(25)23(20(18)24)17-7-5-15(6-8-17)13-16-9-11-22-12-10-16/h2-3,5-12,14,18-19H,4,13H2,1H3/t14-,18+,19-/m1/s1. The predicted octanol–water partition coefficient (Wildman–Crippen LogP) is 3.37. The van der Waals surface area contributed by atoms with Gasteiger partial charge < -0.3 is 0 Å². The number of allylic oxidation sites excluding steroid dienone is 2. The SMILES string of the molecule is C[C@@H]1C=CC[C@@H]2C(=O)N(c3ccc(Cc4ccncc4)cc3)C(=O)[C@H]12. The van der Waals surface area contributed by atoms with Gasteiger partial charge in [-0.25, -0.2) is 0 Å². The van der Waals surface area contributed by atoms with Crippen LogP contribution in [0.4, 0.5) is 5.69 Å². The summed E-state index contributed by atoms with van der Waals surface area (Å²) in [7, 11) is 0. The minimum Gasteiger partial charge on any atom is -0.274 e. The molecule has 126 valence electrons. The number of carbonyl (C=O) groups is 2. The maximum absolute atomic E-state index is 12.8. The van der Waals surface area contributed by atoms with Gasteiger partial charge in [-0.2, -0.15) is 0 Å². The number of aromatic nitrogens is 1. The highest BCUT2D eigenvalue weighted by Gasteiger charge is 2.50. The topological polar surface area (TPSA) is 50.3 Å². The fraction of sp³-hybridized carbons (Fsp3) is 0.286. The van der Waals surface area contributed by atoms with E-state index in [1.54, 1.807) is 12.4 Å². The molecular formula is C21H20N2O2. The quantitative estimate of drug-likeness (QED) is 0.639. The first-order chi connectivity index (χ1) is 12.1. The van der Waals surface area contributed by atoms with Gasteiger partial charge in [0.15, 0.2) is 0 Å². The van der Waals surface area contributed by atoms with E-state index in [4.69, 9.17) is 0 Å². The number of benzene rings is 1. The fourth-order valence-electron chi connectivity index (χ4n) is 3.90. The highest BCUT2D eigenvalue weighted by atomic mass is 16.2. The number of fused-ring (bicyclic) bond motifs is 1. The lowest BCUT2D eigenvalue weighted by Crippen LogP contribution is -2.31. The number of hydrogen-bond donors (Lipinski definition) is 0. The maximum atomic E-state index is 12.8. The van der Waals surface area contributed by atoms with E-state index >= 15 is 0 Å². The van der Waals surface area contributed by atoms with Crippen LogP contribution in [0.25, 0.3) is 0 Å². The average molecular weight is 332 g/mol. The van der Waals surface area contributed by atoms with Gasteiger partial charge in [-0.1, -0.05) is 31.2 Å². The average Bonchev–Trinajstić information content (AvgIpc) is 2.89. The Labute approximate surface area is 147 Å². The van der Waals surface area contributed by atoms with Crippen LogP contribution in [0.5, 0.6) is 0 Å². The van der Waals surface area contributed by atoms with Crippen LogP contribution in [0, 0.1) is 17.8 Å². The van der Waals surface area contributed by atoms with Crippen LogP contribution >= 0.6 is 0 Å². The molecule has 1 fully saturated rings. The molecule has 0 saturated carbocycles. The zero-order valence-corrected chi connectivity index (χ0v) is 14.1. The first kappa shape index (κ1) is 15.8. The minimum absolute atomic E-state index is 0.0614. The summed E-state index contributed by atoms with van der Waals surface area (Å²) < 4.78 is 0. The second kappa shape index (κ2) is 6.28. The Bertz CT molecular complexity index is 827. The number of pyridine rings is 1. The Morgan fingerprint density at radius 3 is 2.36 bits per heavy atom. The Balaban J connectivity index is 1.56. The number of imide groups is 1. The Hall–Kier alpha value is -2.75. The van der Waals surface area contributed by atoms with Crippen molar-refractivity contribution in [3.8, 4) is 0 Å². The van der Waals surface area contributed by atoms with Crippen LogP contribution in [0.3, 0.4) is 0 Å². The van der Waals surface area contributed by atoms with Crippen LogP contribution in [-0.2, 0) is 16.0 Å². The molecule has 25 heavy (non-hydrogen) atoms. The smallest absolute Gasteiger partial charge is 0.238 e. The molecule has 2 aromatic rings. The molecule has 3 atom stereocenters. The molecule has 4 heteroatoms. The molecule has 0 unspecified atom stereocenters. The molecule has 1 aliphatic heterocycles. The summed E-state index contributed by atoms with van der Waals surface area (Å²) in [5, 5.41) is 0. The van der Waals surface area contributed by atoms with Gasteiger partial charge in [-0.15, -0.1) is 0 Å². The van der Waals surface area contributed by atoms with E-state index in [2.05, 4.69) is 4.98 Å². The van der Waals surface area contributed by atoms with Gasteiger partial charge in [0.25, 0.3) is 0 Å².